The van der Waals surface area contributed by atoms with Gasteiger partial charge in [-0.1, -0.05) is 39.8 Å². The highest BCUT2D eigenvalue weighted by Crippen LogP contribution is 2.54. The molecule has 0 radical (unpaired) electrons. The first-order valence-electron chi connectivity index (χ1n) is 6.31. The van der Waals surface area contributed by atoms with Crippen LogP contribution < -0.4 is 0 Å². The topological polar surface area (TPSA) is 0 Å². The van der Waals surface area contributed by atoms with Crippen LogP contribution in [0.2, 0.25) is 0 Å². The number of fused-ring (bicyclic) bond motifs is 1. The fourth-order valence-corrected chi connectivity index (χ4v) is 4.53. The van der Waals surface area contributed by atoms with E-state index in [4.69, 9.17) is 0 Å². The fourth-order valence-electron chi connectivity index (χ4n) is 2.32. The molecule has 1 atom stereocenters. The summed E-state index contributed by atoms with van der Waals surface area (Å²) in [6, 6.07) is 7.05. The summed E-state index contributed by atoms with van der Waals surface area (Å²) in [4.78, 5) is 0.496. The van der Waals surface area contributed by atoms with E-state index in [-0.39, 0.29) is 0 Å². The van der Waals surface area contributed by atoms with Crippen LogP contribution in [0.4, 0.5) is 13.2 Å². The summed E-state index contributed by atoms with van der Waals surface area (Å²) in [5, 5.41) is 0.788. The Morgan fingerprint density at radius 2 is 1.74 bits per heavy atom. The number of hydrogen-bond donors (Lipinski definition) is 0. The third-order valence-electron chi connectivity index (χ3n) is 3.22. The second kappa shape index (κ2) is 4.51. The lowest BCUT2D eigenvalue weighted by molar-refractivity contribution is -0.0869. The molecular weight excluding hydrogens is 269 g/mol. The Morgan fingerprint density at radius 1 is 1.11 bits per heavy atom. The van der Waals surface area contributed by atoms with Gasteiger partial charge in [0.05, 0.1) is 10.5 Å². The van der Waals surface area contributed by atoms with Crippen molar-refractivity contribution < 1.29 is 13.2 Å². The molecule has 19 heavy (non-hydrogen) atoms. The molecule has 104 valence electrons. The summed E-state index contributed by atoms with van der Waals surface area (Å²) in [5.74, 6) is 0. The van der Waals surface area contributed by atoms with Gasteiger partial charge in [-0.2, -0.15) is 0 Å². The Hall–Kier alpha value is -1.03. The van der Waals surface area contributed by atoms with Crippen molar-refractivity contribution in [2.75, 3.05) is 0 Å². The maximum Gasteiger partial charge on any atom is 0.600 e. The van der Waals surface area contributed by atoms with Crippen LogP contribution in [-0.4, -0.2) is 0 Å². The average molecular weight is 287 g/mol. The summed E-state index contributed by atoms with van der Waals surface area (Å²) in [6.07, 6.45) is 0.756. The molecular formula is C15H18F3S+. The molecule has 0 saturated carbocycles. The first kappa shape index (κ1) is 14.4. The van der Waals surface area contributed by atoms with Gasteiger partial charge in [0.1, 0.15) is 0 Å². The summed E-state index contributed by atoms with van der Waals surface area (Å²) >= 11 is 0. The monoisotopic (exact) mass is 287 g/mol. The summed E-state index contributed by atoms with van der Waals surface area (Å²) in [6.45, 7) is 7.52. The largest absolute Gasteiger partial charge is 0.600 e. The smallest absolute Gasteiger partial charge is 0.118 e. The van der Waals surface area contributed by atoms with E-state index in [1.54, 1.807) is 18.2 Å². The molecule has 0 amide bonds. The van der Waals surface area contributed by atoms with Gasteiger partial charge in [0.2, 0.25) is 0 Å². The highest BCUT2D eigenvalue weighted by Gasteiger charge is 2.50. The summed E-state index contributed by atoms with van der Waals surface area (Å²) in [7, 11) is -1.78. The minimum absolute atomic E-state index is 0.441. The van der Waals surface area contributed by atoms with Crippen molar-refractivity contribution in [2.45, 2.75) is 45.0 Å². The van der Waals surface area contributed by atoms with Gasteiger partial charge in [0.25, 0.3) is 0 Å². The molecule has 1 aromatic carbocycles. The van der Waals surface area contributed by atoms with Gasteiger partial charge in [0.15, 0.2) is 9.58 Å². The molecule has 4 heteroatoms. The first-order valence-corrected chi connectivity index (χ1v) is 7.54. The van der Waals surface area contributed by atoms with Gasteiger partial charge in [-0.25, -0.2) is 0 Å². The van der Waals surface area contributed by atoms with E-state index < -0.39 is 21.4 Å². The fraction of sp³-hybridized carbons (Fsp3) is 0.467. The van der Waals surface area contributed by atoms with Crippen LogP contribution in [-0.2, 0) is 17.3 Å². The number of rotatable bonds is 1. The Kier molecular flexibility index (Phi) is 3.42. The molecule has 0 nitrogen and oxygen atoms in total. The predicted octanol–water partition coefficient (Wildman–Crippen LogP) is 5.93. The maximum absolute atomic E-state index is 13.4. The van der Waals surface area contributed by atoms with Crippen LogP contribution in [0.3, 0.4) is 0 Å². The van der Waals surface area contributed by atoms with Gasteiger partial charge in [-0.05, 0) is 18.1 Å². The van der Waals surface area contributed by atoms with Crippen molar-refractivity contribution in [1.29, 1.82) is 0 Å². The zero-order chi connectivity index (χ0) is 14.4. The van der Waals surface area contributed by atoms with Crippen molar-refractivity contribution in [2.24, 2.45) is 0 Å². The minimum Gasteiger partial charge on any atom is -0.118 e. The number of halogens is 3. The van der Waals surface area contributed by atoms with Crippen LogP contribution >= 0.6 is 10.5 Å². The third-order valence-corrected chi connectivity index (χ3v) is 5.65. The van der Waals surface area contributed by atoms with E-state index in [0.29, 0.717) is 9.58 Å². The standard InChI is InChI=1S/C15H18F3S/c1-5-10-7-6-8-12-11(10)9-13(14(2,3)4)19(12)15(16,17)18/h6-9H,5H2,1-4H3/q+1. The number of hydrogen-bond acceptors (Lipinski definition) is 0. The van der Waals surface area contributed by atoms with Crippen molar-refractivity contribution in [3.05, 3.63) is 34.7 Å². The average Bonchev–Trinajstić information content (AvgIpc) is 2.66. The van der Waals surface area contributed by atoms with Crippen molar-refractivity contribution in [1.82, 2.24) is 0 Å². The van der Waals surface area contributed by atoms with Gasteiger partial charge < -0.3 is 0 Å². The number of aryl methyl sites for hydroxylation is 1. The first-order chi connectivity index (χ1) is 8.66. The number of alkyl halides is 3. The quantitative estimate of drug-likeness (QED) is 0.571. The van der Waals surface area contributed by atoms with Crippen LogP contribution in [0, 0.1) is 0 Å². The van der Waals surface area contributed by atoms with E-state index in [0.717, 1.165) is 17.4 Å². The minimum atomic E-state index is -4.20. The SMILES string of the molecule is CCc1cccc2c1cc(C(C)(C)C)[s+]2C(F)(F)F. The number of thiophene rings is 1. The Morgan fingerprint density at radius 3 is 2.21 bits per heavy atom. The highest BCUT2D eigenvalue weighted by atomic mass is 32.2. The zero-order valence-corrected chi connectivity index (χ0v) is 12.4. The van der Waals surface area contributed by atoms with Gasteiger partial charge in [-0.15, -0.1) is 13.2 Å². The van der Waals surface area contributed by atoms with E-state index in [1.807, 2.05) is 33.8 Å². The van der Waals surface area contributed by atoms with E-state index in [1.165, 1.54) is 0 Å². The third kappa shape index (κ3) is 2.50. The Balaban J connectivity index is 2.89. The molecule has 1 unspecified atom stereocenters. The molecule has 2 rings (SSSR count). The second-order valence-electron chi connectivity index (χ2n) is 5.69. The second-order valence-corrected chi connectivity index (χ2v) is 7.65. The molecule has 1 aromatic heterocycles. The highest BCUT2D eigenvalue weighted by molar-refractivity contribution is 7.38. The Bertz CT molecular complexity index is 600. The van der Waals surface area contributed by atoms with E-state index in [9.17, 15) is 13.2 Å². The van der Waals surface area contributed by atoms with Gasteiger partial charge >= 0.3 is 5.51 Å². The molecule has 0 bridgehead atoms. The van der Waals surface area contributed by atoms with E-state index in [2.05, 4.69) is 0 Å². The predicted molar refractivity (Wildman–Crippen MR) is 75.8 cm³/mol. The molecule has 0 aliphatic heterocycles. The van der Waals surface area contributed by atoms with Crippen LogP contribution in [0.1, 0.15) is 38.1 Å². The van der Waals surface area contributed by atoms with E-state index >= 15 is 0 Å². The van der Waals surface area contributed by atoms with Crippen molar-refractivity contribution in [3.8, 4) is 0 Å². The van der Waals surface area contributed by atoms with Crippen LogP contribution in [0.25, 0.3) is 10.1 Å². The molecule has 0 aliphatic carbocycles. The lowest BCUT2D eigenvalue weighted by Gasteiger charge is -2.13. The molecule has 0 spiro atoms. The molecule has 0 aliphatic rings. The summed E-state index contributed by atoms with van der Waals surface area (Å²) < 4.78 is 40.7. The number of benzene rings is 1. The normalized spacial score (nSPS) is 14.2. The van der Waals surface area contributed by atoms with Crippen LogP contribution in [0.15, 0.2) is 24.3 Å². The summed E-state index contributed by atoms with van der Waals surface area (Å²) in [5.41, 5.74) is -3.67. The van der Waals surface area contributed by atoms with Crippen molar-refractivity contribution in [3.63, 3.8) is 0 Å². The lowest BCUT2D eigenvalue weighted by atomic mass is 9.94. The molecule has 0 fully saturated rings. The molecule has 2 aromatic rings. The van der Waals surface area contributed by atoms with Gasteiger partial charge in [0, 0.05) is 16.9 Å². The van der Waals surface area contributed by atoms with Crippen LogP contribution in [0.5, 0.6) is 0 Å². The lowest BCUT2D eigenvalue weighted by Crippen LogP contribution is -2.12. The maximum atomic E-state index is 13.4. The van der Waals surface area contributed by atoms with Gasteiger partial charge in [-0.3, -0.25) is 0 Å². The molecule has 0 saturated heterocycles. The van der Waals surface area contributed by atoms with Crippen molar-refractivity contribution >= 4 is 20.6 Å². The Labute approximate surface area is 114 Å². The molecule has 1 heterocycles. The molecule has 0 N–H and O–H groups in total. The zero-order valence-electron chi connectivity index (χ0n) is 11.6.